The highest BCUT2D eigenvalue weighted by molar-refractivity contribution is 6.67. The third kappa shape index (κ3) is 4.84. The van der Waals surface area contributed by atoms with Crippen molar-refractivity contribution in [1.82, 2.24) is 9.55 Å². The molecule has 38 heavy (non-hydrogen) atoms. The van der Waals surface area contributed by atoms with Crippen LogP contribution in [0.25, 0.3) is 28.1 Å². The van der Waals surface area contributed by atoms with Crippen molar-refractivity contribution in [3.63, 3.8) is 0 Å². The van der Waals surface area contributed by atoms with Crippen LogP contribution in [0.15, 0.2) is 66.7 Å². The van der Waals surface area contributed by atoms with Crippen LogP contribution in [0.4, 0.5) is 35.1 Å². The summed E-state index contributed by atoms with van der Waals surface area (Å²) in [6, 6.07) is 15.7. The van der Waals surface area contributed by atoms with Crippen LogP contribution in [-0.4, -0.2) is 14.8 Å². The van der Waals surface area contributed by atoms with Crippen LogP contribution in [0.2, 0.25) is 0 Å². The summed E-state index contributed by atoms with van der Waals surface area (Å²) in [5.74, 6) is -13.0. The van der Waals surface area contributed by atoms with Gasteiger partial charge in [0.2, 0.25) is 0 Å². The maximum atomic E-state index is 14.3. The molecule has 194 valence electrons. The Morgan fingerprint density at radius 3 is 1.66 bits per heavy atom. The highest BCUT2D eigenvalue weighted by Gasteiger charge is 2.26. The van der Waals surface area contributed by atoms with E-state index in [9.17, 15) is 39.9 Å². The van der Waals surface area contributed by atoms with Gasteiger partial charge in [0.15, 0.2) is 52.4 Å². The van der Waals surface area contributed by atoms with Crippen molar-refractivity contribution in [2.24, 2.45) is 0 Å². The van der Waals surface area contributed by atoms with Crippen LogP contribution in [0.3, 0.4) is 0 Å². The number of hydrogen-bond acceptors (Lipinski definition) is 2. The molecule has 0 saturated heterocycles. The molecular weight excluding hydrogens is 544 g/mol. The van der Waals surface area contributed by atoms with Crippen molar-refractivity contribution in [2.75, 3.05) is 0 Å². The first-order chi connectivity index (χ1) is 18.0. The van der Waals surface area contributed by atoms with Crippen LogP contribution in [0.1, 0.15) is 10.4 Å². The second kappa shape index (κ2) is 10.6. The first-order valence-electron chi connectivity index (χ1n) is 10.4. The van der Waals surface area contributed by atoms with E-state index in [0.717, 1.165) is 0 Å². The fraction of sp³-hybridized carbons (Fsp3) is 0. The minimum atomic E-state index is -1.79. The molecule has 0 atom stereocenters. The summed E-state index contributed by atoms with van der Waals surface area (Å²) < 4.78 is 107. The Labute approximate surface area is 213 Å². The van der Waals surface area contributed by atoms with Crippen LogP contribution in [0, 0.1) is 46.5 Å². The Hall–Kier alpha value is -4.25. The first kappa shape index (κ1) is 26.8. The zero-order valence-corrected chi connectivity index (χ0v) is 19.3. The average Bonchev–Trinajstić information content (AvgIpc) is 3.26. The van der Waals surface area contributed by atoms with Gasteiger partial charge >= 0.3 is 0 Å². The monoisotopic (exact) mass is 554 g/mol. The Morgan fingerprint density at radius 1 is 0.658 bits per heavy atom. The van der Waals surface area contributed by atoms with E-state index in [1.54, 1.807) is 54.6 Å². The molecule has 5 rings (SSSR count). The van der Waals surface area contributed by atoms with Gasteiger partial charge in [-0.1, -0.05) is 30.3 Å². The fourth-order valence-electron chi connectivity index (χ4n) is 3.55. The van der Waals surface area contributed by atoms with Crippen LogP contribution in [-0.2, 0) is 0 Å². The lowest BCUT2D eigenvalue weighted by Crippen LogP contribution is -2.05. The summed E-state index contributed by atoms with van der Waals surface area (Å²) in [7, 11) is 0. The zero-order valence-electron chi connectivity index (χ0n) is 18.6. The fourth-order valence-corrected chi connectivity index (χ4v) is 3.71. The molecule has 0 N–H and O–H groups in total. The van der Waals surface area contributed by atoms with E-state index in [1.165, 1.54) is 4.57 Å². The number of carbonyl (C=O) groups excluding carboxylic acids is 1. The second-order valence-electron chi connectivity index (χ2n) is 7.56. The summed E-state index contributed by atoms with van der Waals surface area (Å²) >= 11 is 4.71. The third-order valence-corrected chi connectivity index (χ3v) is 5.41. The molecule has 3 nitrogen and oxygen atoms in total. The Bertz CT molecular complexity index is 1640. The van der Waals surface area contributed by atoms with Crippen molar-refractivity contribution in [1.29, 1.82) is 0 Å². The van der Waals surface area contributed by atoms with Crippen molar-refractivity contribution in [3.8, 4) is 17.1 Å². The lowest BCUT2D eigenvalue weighted by Gasteiger charge is -2.11. The number of fused-ring (bicyclic) bond motifs is 1. The molecule has 0 aliphatic rings. The van der Waals surface area contributed by atoms with Gasteiger partial charge in [-0.15, -0.1) is 0 Å². The Morgan fingerprint density at radius 2 is 1.13 bits per heavy atom. The number of rotatable bonds is 3. The maximum absolute atomic E-state index is 14.3. The largest absolute Gasteiger partial charge is 0.292 e. The lowest BCUT2D eigenvalue weighted by molar-refractivity contribution is 0.107. The predicted molar refractivity (Wildman–Crippen MR) is 123 cm³/mol. The molecule has 0 amide bonds. The summed E-state index contributed by atoms with van der Waals surface area (Å²) in [6.07, 6.45) is 0. The highest BCUT2D eigenvalue weighted by atomic mass is 35.5. The van der Waals surface area contributed by atoms with Gasteiger partial charge in [0.1, 0.15) is 5.56 Å². The summed E-state index contributed by atoms with van der Waals surface area (Å²) in [5.41, 5.74) is -0.677. The topological polar surface area (TPSA) is 34.9 Å². The standard InChI is InChI=1S/C19H10F4N2.C7HClF4O/c20-12-10-13(21)18(23)16(17(12)22)19-24-14-8-4-5-9-15(14)25(19)11-6-2-1-3-7-11;8-7(13)4-5(11)2(9)1-3(10)6(4)12/h1-10H;1H. The molecule has 0 spiro atoms. The molecule has 5 aromatic rings. The smallest absolute Gasteiger partial charge is 0.258 e. The van der Waals surface area contributed by atoms with E-state index in [0.29, 0.717) is 16.7 Å². The first-order valence-corrected chi connectivity index (χ1v) is 10.8. The van der Waals surface area contributed by atoms with Gasteiger partial charge in [-0.3, -0.25) is 9.36 Å². The van der Waals surface area contributed by atoms with Gasteiger partial charge in [0.05, 0.1) is 16.6 Å². The molecule has 0 saturated carbocycles. The summed E-state index contributed by atoms with van der Waals surface area (Å²) in [5, 5.41) is -1.59. The normalized spacial score (nSPS) is 10.9. The van der Waals surface area contributed by atoms with Gasteiger partial charge in [-0.25, -0.2) is 40.1 Å². The SMILES string of the molecule is Fc1cc(F)c(F)c(-c2nc3ccccc3n2-c2ccccc2)c1F.O=C(Cl)c1c(F)c(F)cc(F)c1F. The van der Waals surface area contributed by atoms with E-state index in [1.807, 2.05) is 0 Å². The van der Waals surface area contributed by atoms with E-state index in [-0.39, 0.29) is 18.0 Å². The molecule has 0 fully saturated rings. The number of imidazole rings is 1. The van der Waals surface area contributed by atoms with E-state index in [2.05, 4.69) is 4.98 Å². The van der Waals surface area contributed by atoms with E-state index < -0.39 is 62.9 Å². The predicted octanol–water partition coefficient (Wildman–Crippen LogP) is 7.87. The average molecular weight is 555 g/mol. The number of para-hydroxylation sites is 3. The quantitative estimate of drug-likeness (QED) is 0.129. The third-order valence-electron chi connectivity index (χ3n) is 5.22. The van der Waals surface area contributed by atoms with E-state index >= 15 is 0 Å². The zero-order chi connectivity index (χ0) is 27.7. The minimum absolute atomic E-state index is 0.00596. The van der Waals surface area contributed by atoms with Crippen molar-refractivity contribution < 1.29 is 39.9 Å². The molecule has 0 radical (unpaired) electrons. The van der Waals surface area contributed by atoms with Crippen molar-refractivity contribution >= 4 is 27.9 Å². The van der Waals surface area contributed by atoms with Crippen LogP contribution < -0.4 is 0 Å². The van der Waals surface area contributed by atoms with Gasteiger partial charge in [-0.2, -0.15) is 0 Å². The second-order valence-corrected chi connectivity index (χ2v) is 7.90. The van der Waals surface area contributed by atoms with Gasteiger partial charge in [-0.05, 0) is 35.9 Å². The number of benzene rings is 4. The molecular formula is C26H11ClF8N2O. The number of nitrogens with zero attached hydrogens (tertiary/aromatic N) is 2. The molecule has 1 heterocycles. The van der Waals surface area contributed by atoms with Crippen LogP contribution >= 0.6 is 11.6 Å². The maximum Gasteiger partial charge on any atom is 0.258 e. The molecule has 0 aliphatic heterocycles. The van der Waals surface area contributed by atoms with Crippen LogP contribution in [0.5, 0.6) is 0 Å². The van der Waals surface area contributed by atoms with Crippen molar-refractivity contribution in [2.45, 2.75) is 0 Å². The molecule has 4 aromatic carbocycles. The van der Waals surface area contributed by atoms with Gasteiger partial charge < -0.3 is 0 Å². The highest BCUT2D eigenvalue weighted by Crippen LogP contribution is 2.33. The molecule has 1 aromatic heterocycles. The molecule has 0 bridgehead atoms. The number of aromatic nitrogens is 2. The summed E-state index contributed by atoms with van der Waals surface area (Å²) in [6.45, 7) is 0. The molecule has 12 heteroatoms. The minimum Gasteiger partial charge on any atom is -0.292 e. The number of carbonyl (C=O) groups is 1. The van der Waals surface area contributed by atoms with Crippen molar-refractivity contribution in [3.05, 3.63) is 119 Å². The molecule has 0 aliphatic carbocycles. The lowest BCUT2D eigenvalue weighted by atomic mass is 10.1. The summed E-state index contributed by atoms with van der Waals surface area (Å²) in [4.78, 5) is 14.6. The molecule has 0 unspecified atom stereocenters. The number of hydrogen-bond donors (Lipinski definition) is 0. The Kier molecular flexibility index (Phi) is 7.49. The van der Waals surface area contributed by atoms with Gasteiger partial charge in [0.25, 0.3) is 5.24 Å². The van der Waals surface area contributed by atoms with E-state index in [4.69, 9.17) is 11.6 Å². The number of halogens is 9. The Balaban J connectivity index is 0.000000219. The van der Waals surface area contributed by atoms with Gasteiger partial charge in [0, 0.05) is 17.8 Å².